The van der Waals surface area contributed by atoms with E-state index >= 15 is 0 Å². The third kappa shape index (κ3) is 1.99. The third-order valence-electron chi connectivity index (χ3n) is 2.80. The number of nitrogens with two attached hydrogens (primary N) is 1. The first-order chi connectivity index (χ1) is 7.58. The standard InChI is InChI=1S/C11H14N2O3/c1-7-3-2-4-10(13(14)15)11(7)16-9-5-8(12)6-9/h2-4,8-9H,5-6,12H2,1H3. The van der Waals surface area contributed by atoms with Crippen LogP contribution in [0.4, 0.5) is 5.69 Å². The van der Waals surface area contributed by atoms with Gasteiger partial charge in [0.15, 0.2) is 5.75 Å². The molecule has 1 saturated carbocycles. The average molecular weight is 222 g/mol. The second-order valence-electron chi connectivity index (χ2n) is 4.15. The van der Waals surface area contributed by atoms with Crippen molar-refractivity contribution in [2.45, 2.75) is 31.9 Å². The van der Waals surface area contributed by atoms with E-state index < -0.39 is 4.92 Å². The van der Waals surface area contributed by atoms with Crippen molar-refractivity contribution in [3.63, 3.8) is 0 Å². The number of nitro benzene ring substituents is 1. The van der Waals surface area contributed by atoms with E-state index in [0.29, 0.717) is 5.75 Å². The van der Waals surface area contributed by atoms with Gasteiger partial charge in [0.25, 0.3) is 0 Å². The minimum absolute atomic E-state index is 0.0230. The van der Waals surface area contributed by atoms with Crippen LogP contribution in [0, 0.1) is 17.0 Å². The highest BCUT2D eigenvalue weighted by atomic mass is 16.6. The Morgan fingerprint density at radius 2 is 2.19 bits per heavy atom. The molecule has 0 bridgehead atoms. The molecular weight excluding hydrogens is 208 g/mol. The Labute approximate surface area is 93.4 Å². The minimum atomic E-state index is -0.416. The summed E-state index contributed by atoms with van der Waals surface area (Å²) in [5.41, 5.74) is 6.46. The van der Waals surface area contributed by atoms with Crippen LogP contribution in [0.2, 0.25) is 0 Å². The zero-order chi connectivity index (χ0) is 11.7. The molecule has 0 spiro atoms. The summed E-state index contributed by atoms with van der Waals surface area (Å²) < 4.78 is 5.62. The Balaban J connectivity index is 2.21. The number of benzene rings is 1. The highest BCUT2D eigenvalue weighted by Crippen LogP contribution is 2.34. The van der Waals surface area contributed by atoms with E-state index in [1.165, 1.54) is 6.07 Å². The lowest BCUT2D eigenvalue weighted by Gasteiger charge is -2.32. The van der Waals surface area contributed by atoms with Crippen molar-refractivity contribution in [2.24, 2.45) is 5.73 Å². The van der Waals surface area contributed by atoms with Gasteiger partial charge < -0.3 is 10.5 Å². The van der Waals surface area contributed by atoms with Gasteiger partial charge in [-0.3, -0.25) is 10.1 Å². The van der Waals surface area contributed by atoms with Crippen LogP contribution in [0.5, 0.6) is 5.75 Å². The summed E-state index contributed by atoms with van der Waals surface area (Å²) in [4.78, 5) is 10.4. The smallest absolute Gasteiger partial charge is 0.311 e. The second kappa shape index (κ2) is 4.09. The van der Waals surface area contributed by atoms with Gasteiger partial charge in [0.2, 0.25) is 0 Å². The molecule has 16 heavy (non-hydrogen) atoms. The van der Waals surface area contributed by atoms with Gasteiger partial charge in [-0.1, -0.05) is 12.1 Å². The van der Waals surface area contributed by atoms with Crippen molar-refractivity contribution < 1.29 is 9.66 Å². The lowest BCUT2D eigenvalue weighted by atomic mass is 9.90. The van der Waals surface area contributed by atoms with E-state index in [-0.39, 0.29) is 17.8 Å². The SMILES string of the molecule is Cc1cccc([N+](=O)[O-])c1OC1CC(N)C1. The van der Waals surface area contributed by atoms with E-state index in [0.717, 1.165) is 18.4 Å². The predicted octanol–water partition coefficient (Wildman–Crippen LogP) is 1.77. The molecule has 1 aliphatic rings. The van der Waals surface area contributed by atoms with Crippen molar-refractivity contribution in [1.29, 1.82) is 0 Å². The van der Waals surface area contributed by atoms with E-state index in [1.807, 2.05) is 0 Å². The molecule has 5 nitrogen and oxygen atoms in total. The first kappa shape index (κ1) is 10.9. The molecule has 86 valence electrons. The molecule has 0 aromatic heterocycles. The van der Waals surface area contributed by atoms with Gasteiger partial charge in [0.1, 0.15) is 6.10 Å². The van der Waals surface area contributed by atoms with Gasteiger partial charge in [0, 0.05) is 12.1 Å². The quantitative estimate of drug-likeness (QED) is 0.624. The lowest BCUT2D eigenvalue weighted by molar-refractivity contribution is -0.386. The molecule has 1 fully saturated rings. The Morgan fingerprint density at radius 1 is 1.50 bits per heavy atom. The molecule has 0 saturated heterocycles. The minimum Gasteiger partial charge on any atom is -0.483 e. The van der Waals surface area contributed by atoms with Gasteiger partial charge >= 0.3 is 5.69 Å². The van der Waals surface area contributed by atoms with Crippen molar-refractivity contribution >= 4 is 5.69 Å². The number of rotatable bonds is 3. The van der Waals surface area contributed by atoms with Crippen molar-refractivity contribution in [3.8, 4) is 5.75 Å². The van der Waals surface area contributed by atoms with E-state index in [2.05, 4.69) is 0 Å². The Morgan fingerprint density at radius 3 is 2.75 bits per heavy atom. The Bertz CT molecular complexity index is 414. The number of nitro groups is 1. The summed E-state index contributed by atoms with van der Waals surface area (Å²) in [6.07, 6.45) is 1.56. The van der Waals surface area contributed by atoms with Gasteiger partial charge in [-0.15, -0.1) is 0 Å². The van der Waals surface area contributed by atoms with Crippen LogP contribution < -0.4 is 10.5 Å². The van der Waals surface area contributed by atoms with Gasteiger partial charge in [-0.25, -0.2) is 0 Å². The molecule has 5 heteroatoms. The number of para-hydroxylation sites is 1. The molecule has 1 aromatic carbocycles. The predicted molar refractivity (Wildman–Crippen MR) is 59.5 cm³/mol. The van der Waals surface area contributed by atoms with E-state index in [4.69, 9.17) is 10.5 Å². The first-order valence-electron chi connectivity index (χ1n) is 5.24. The summed E-state index contributed by atoms with van der Waals surface area (Å²) in [5.74, 6) is 0.379. The van der Waals surface area contributed by atoms with Gasteiger partial charge in [0.05, 0.1) is 4.92 Å². The Hall–Kier alpha value is -1.62. The van der Waals surface area contributed by atoms with Crippen LogP contribution in [0.25, 0.3) is 0 Å². The summed E-state index contributed by atoms with van der Waals surface area (Å²) in [5, 5.41) is 10.8. The number of nitrogens with zero attached hydrogens (tertiary/aromatic N) is 1. The fourth-order valence-corrected chi connectivity index (χ4v) is 1.80. The molecule has 1 aromatic rings. The Kier molecular flexibility index (Phi) is 2.78. The molecule has 2 rings (SSSR count). The largest absolute Gasteiger partial charge is 0.483 e. The summed E-state index contributed by atoms with van der Waals surface area (Å²) in [7, 11) is 0. The number of hydrogen-bond donors (Lipinski definition) is 1. The number of aryl methyl sites for hydroxylation is 1. The maximum Gasteiger partial charge on any atom is 0.311 e. The zero-order valence-electron chi connectivity index (χ0n) is 9.05. The molecule has 2 N–H and O–H groups in total. The summed E-state index contributed by atoms with van der Waals surface area (Å²) in [6.45, 7) is 1.81. The average Bonchev–Trinajstić information content (AvgIpc) is 2.18. The van der Waals surface area contributed by atoms with Crippen molar-refractivity contribution in [3.05, 3.63) is 33.9 Å². The highest BCUT2D eigenvalue weighted by molar-refractivity contribution is 5.51. The van der Waals surface area contributed by atoms with Crippen LogP contribution in [0.1, 0.15) is 18.4 Å². The molecule has 0 aliphatic heterocycles. The fourth-order valence-electron chi connectivity index (χ4n) is 1.80. The first-order valence-corrected chi connectivity index (χ1v) is 5.24. The number of ether oxygens (including phenoxy) is 1. The normalized spacial score (nSPS) is 23.6. The monoisotopic (exact) mass is 222 g/mol. The van der Waals surface area contributed by atoms with E-state index in [1.54, 1.807) is 19.1 Å². The van der Waals surface area contributed by atoms with Crippen LogP contribution >= 0.6 is 0 Å². The summed E-state index contributed by atoms with van der Waals surface area (Å²) >= 11 is 0. The third-order valence-corrected chi connectivity index (χ3v) is 2.80. The highest BCUT2D eigenvalue weighted by Gasteiger charge is 2.30. The van der Waals surface area contributed by atoms with Gasteiger partial charge in [-0.05, 0) is 25.3 Å². The fraction of sp³-hybridized carbons (Fsp3) is 0.455. The second-order valence-corrected chi connectivity index (χ2v) is 4.15. The number of hydrogen-bond acceptors (Lipinski definition) is 4. The van der Waals surface area contributed by atoms with Crippen LogP contribution in [0.3, 0.4) is 0 Å². The van der Waals surface area contributed by atoms with Crippen molar-refractivity contribution in [2.75, 3.05) is 0 Å². The maximum absolute atomic E-state index is 10.8. The molecule has 0 atom stereocenters. The molecular formula is C11H14N2O3. The molecule has 0 amide bonds. The molecule has 1 aliphatic carbocycles. The topological polar surface area (TPSA) is 78.4 Å². The lowest BCUT2D eigenvalue weighted by Crippen LogP contribution is -2.43. The molecule has 0 unspecified atom stereocenters. The molecule has 0 heterocycles. The van der Waals surface area contributed by atoms with Crippen LogP contribution in [-0.2, 0) is 0 Å². The van der Waals surface area contributed by atoms with E-state index in [9.17, 15) is 10.1 Å². The maximum atomic E-state index is 10.8. The van der Waals surface area contributed by atoms with Crippen LogP contribution in [0.15, 0.2) is 18.2 Å². The van der Waals surface area contributed by atoms with Gasteiger partial charge in [-0.2, -0.15) is 0 Å². The van der Waals surface area contributed by atoms with Crippen molar-refractivity contribution in [1.82, 2.24) is 0 Å². The van der Waals surface area contributed by atoms with Crippen LogP contribution in [-0.4, -0.2) is 17.1 Å². The summed E-state index contributed by atoms with van der Waals surface area (Å²) in [6, 6.07) is 5.10. The molecule has 0 radical (unpaired) electrons. The zero-order valence-corrected chi connectivity index (χ0v) is 9.05.